The minimum Gasteiger partial charge on any atom is -0.284 e. The molecule has 21 heavy (non-hydrogen) atoms. The number of nitrogens with one attached hydrogen (secondary N) is 1. The minimum atomic E-state index is -1.01. The van der Waals surface area contributed by atoms with Crippen LogP contribution in [0, 0.1) is 15.9 Å². The standard InChI is InChI=1S/C14H18FN3O3/c1-9-4-3-5-10(2)17(9)16-14(19)11-6-7-13(18(20)21)12(15)8-11/h6-10H,3-5H2,1-2H3,(H,16,19). The first-order valence-corrected chi connectivity index (χ1v) is 6.93. The maximum absolute atomic E-state index is 13.6. The number of nitrogens with zero attached hydrogens (tertiary/aromatic N) is 2. The molecule has 1 fully saturated rings. The Morgan fingerprint density at radius 2 is 2.00 bits per heavy atom. The second-order valence-corrected chi connectivity index (χ2v) is 5.40. The van der Waals surface area contributed by atoms with Crippen molar-refractivity contribution < 1.29 is 14.1 Å². The third-order valence-corrected chi connectivity index (χ3v) is 3.83. The van der Waals surface area contributed by atoms with E-state index in [1.807, 2.05) is 18.9 Å². The molecule has 0 spiro atoms. The fraction of sp³-hybridized carbons (Fsp3) is 0.500. The summed E-state index contributed by atoms with van der Waals surface area (Å²) in [5, 5.41) is 12.4. The van der Waals surface area contributed by atoms with E-state index in [1.165, 1.54) is 6.07 Å². The van der Waals surface area contributed by atoms with Crippen LogP contribution in [0.1, 0.15) is 43.5 Å². The summed E-state index contributed by atoms with van der Waals surface area (Å²) in [6.07, 6.45) is 3.08. The van der Waals surface area contributed by atoms with Gasteiger partial charge in [0.15, 0.2) is 0 Å². The highest BCUT2D eigenvalue weighted by Gasteiger charge is 2.27. The zero-order chi connectivity index (χ0) is 15.6. The summed E-state index contributed by atoms with van der Waals surface area (Å²) in [4.78, 5) is 21.9. The van der Waals surface area contributed by atoms with Gasteiger partial charge in [-0.25, -0.2) is 5.01 Å². The van der Waals surface area contributed by atoms with Crippen molar-refractivity contribution in [3.8, 4) is 0 Å². The van der Waals surface area contributed by atoms with Gasteiger partial charge >= 0.3 is 5.69 Å². The zero-order valence-corrected chi connectivity index (χ0v) is 12.0. The number of nitro groups is 1. The van der Waals surface area contributed by atoms with E-state index < -0.39 is 22.3 Å². The van der Waals surface area contributed by atoms with Crippen molar-refractivity contribution in [2.45, 2.75) is 45.2 Å². The van der Waals surface area contributed by atoms with Gasteiger partial charge in [-0.3, -0.25) is 20.3 Å². The lowest BCUT2D eigenvalue weighted by atomic mass is 10.00. The summed E-state index contributed by atoms with van der Waals surface area (Å²) in [5.41, 5.74) is 2.21. The molecular weight excluding hydrogens is 277 g/mol. The third kappa shape index (κ3) is 3.36. The molecule has 1 aliphatic heterocycles. The van der Waals surface area contributed by atoms with Crippen LogP contribution in [0.4, 0.5) is 10.1 Å². The number of amides is 1. The first kappa shape index (κ1) is 15.4. The monoisotopic (exact) mass is 295 g/mol. The Balaban J connectivity index is 2.13. The van der Waals surface area contributed by atoms with Crippen LogP contribution < -0.4 is 5.43 Å². The van der Waals surface area contributed by atoms with E-state index in [2.05, 4.69) is 5.43 Å². The molecule has 1 saturated heterocycles. The molecule has 1 N–H and O–H groups in total. The number of benzene rings is 1. The highest BCUT2D eigenvalue weighted by molar-refractivity contribution is 5.94. The molecule has 1 aromatic carbocycles. The molecule has 0 bridgehead atoms. The van der Waals surface area contributed by atoms with Gasteiger partial charge in [0.1, 0.15) is 0 Å². The molecule has 0 saturated carbocycles. The average molecular weight is 295 g/mol. The van der Waals surface area contributed by atoms with Crippen LogP contribution in [0.15, 0.2) is 18.2 Å². The van der Waals surface area contributed by atoms with E-state index in [0.29, 0.717) is 0 Å². The molecule has 7 heteroatoms. The predicted molar refractivity (Wildman–Crippen MR) is 75.1 cm³/mol. The molecule has 6 nitrogen and oxygen atoms in total. The average Bonchev–Trinajstić information content (AvgIpc) is 2.42. The van der Waals surface area contributed by atoms with E-state index in [-0.39, 0.29) is 17.6 Å². The number of rotatable bonds is 3. The molecule has 1 aromatic rings. The number of carbonyl (C=O) groups excluding carboxylic acids is 1. The number of halogens is 1. The van der Waals surface area contributed by atoms with Crippen LogP contribution in [-0.2, 0) is 0 Å². The summed E-state index contributed by atoms with van der Waals surface area (Å²) in [7, 11) is 0. The van der Waals surface area contributed by atoms with Gasteiger partial charge in [0.2, 0.25) is 5.82 Å². The molecule has 1 aliphatic rings. The van der Waals surface area contributed by atoms with E-state index >= 15 is 0 Å². The minimum absolute atomic E-state index is 0.0723. The molecule has 0 aromatic heterocycles. The van der Waals surface area contributed by atoms with Gasteiger partial charge < -0.3 is 0 Å². The second kappa shape index (κ2) is 6.17. The number of hydrazine groups is 1. The first-order valence-electron chi connectivity index (χ1n) is 6.93. The Hall–Kier alpha value is -2.02. The Labute approximate surface area is 122 Å². The third-order valence-electron chi connectivity index (χ3n) is 3.83. The largest absolute Gasteiger partial charge is 0.304 e. The smallest absolute Gasteiger partial charge is 0.284 e. The first-order chi connectivity index (χ1) is 9.90. The molecule has 1 heterocycles. The summed E-state index contributed by atoms with van der Waals surface area (Å²) in [5.74, 6) is -1.46. The van der Waals surface area contributed by atoms with E-state index in [1.54, 1.807) is 0 Å². The maximum Gasteiger partial charge on any atom is 0.304 e. The SMILES string of the molecule is CC1CCCC(C)N1NC(=O)c1ccc([N+](=O)[O-])c(F)c1. The van der Waals surface area contributed by atoms with Crippen LogP contribution in [0.25, 0.3) is 0 Å². The van der Waals surface area contributed by atoms with Gasteiger partial charge in [-0.05, 0) is 38.8 Å². The number of nitro benzene ring substituents is 1. The maximum atomic E-state index is 13.6. The number of carbonyl (C=O) groups is 1. The molecule has 2 atom stereocenters. The van der Waals surface area contributed by atoms with Gasteiger partial charge in [0.25, 0.3) is 5.91 Å². The lowest BCUT2D eigenvalue weighted by Gasteiger charge is -2.38. The van der Waals surface area contributed by atoms with Gasteiger partial charge in [-0.15, -0.1) is 0 Å². The quantitative estimate of drug-likeness (QED) is 0.687. The molecule has 2 rings (SSSR count). The second-order valence-electron chi connectivity index (χ2n) is 5.40. The number of piperidine rings is 1. The molecule has 2 unspecified atom stereocenters. The van der Waals surface area contributed by atoms with Crippen molar-refractivity contribution in [1.82, 2.24) is 10.4 Å². The fourth-order valence-corrected chi connectivity index (χ4v) is 2.62. The molecule has 114 valence electrons. The lowest BCUT2D eigenvalue weighted by molar-refractivity contribution is -0.387. The van der Waals surface area contributed by atoms with Crippen molar-refractivity contribution in [3.63, 3.8) is 0 Å². The predicted octanol–water partition coefficient (Wildman–Crippen LogP) is 2.64. The van der Waals surface area contributed by atoms with Gasteiger partial charge in [-0.2, -0.15) is 4.39 Å². The van der Waals surface area contributed by atoms with Crippen molar-refractivity contribution in [2.24, 2.45) is 0 Å². The van der Waals surface area contributed by atoms with Crippen LogP contribution in [0.5, 0.6) is 0 Å². The Morgan fingerprint density at radius 3 is 2.52 bits per heavy atom. The van der Waals surface area contributed by atoms with Crippen molar-refractivity contribution >= 4 is 11.6 Å². The van der Waals surface area contributed by atoms with E-state index in [4.69, 9.17) is 0 Å². The van der Waals surface area contributed by atoms with Crippen molar-refractivity contribution in [3.05, 3.63) is 39.7 Å². The summed E-state index contributed by atoms with van der Waals surface area (Å²) in [6.45, 7) is 4.04. The van der Waals surface area contributed by atoms with Gasteiger partial charge in [0.05, 0.1) is 4.92 Å². The van der Waals surface area contributed by atoms with E-state index in [0.717, 1.165) is 31.4 Å². The van der Waals surface area contributed by atoms with Crippen LogP contribution in [0.2, 0.25) is 0 Å². The molecule has 0 radical (unpaired) electrons. The number of hydrogen-bond acceptors (Lipinski definition) is 4. The highest BCUT2D eigenvalue weighted by atomic mass is 19.1. The van der Waals surface area contributed by atoms with Gasteiger partial charge in [-0.1, -0.05) is 6.42 Å². The molecule has 0 aliphatic carbocycles. The normalized spacial score (nSPS) is 22.8. The Morgan fingerprint density at radius 1 is 1.38 bits per heavy atom. The highest BCUT2D eigenvalue weighted by Crippen LogP contribution is 2.21. The summed E-state index contributed by atoms with van der Waals surface area (Å²) in [6, 6.07) is 3.58. The van der Waals surface area contributed by atoms with Crippen LogP contribution in [-0.4, -0.2) is 27.9 Å². The summed E-state index contributed by atoms with van der Waals surface area (Å²) >= 11 is 0. The Kier molecular flexibility index (Phi) is 4.52. The van der Waals surface area contributed by atoms with Crippen LogP contribution in [0.3, 0.4) is 0 Å². The Bertz CT molecular complexity index is 554. The molecule has 1 amide bonds. The number of hydrogen-bond donors (Lipinski definition) is 1. The topological polar surface area (TPSA) is 75.5 Å². The van der Waals surface area contributed by atoms with Crippen molar-refractivity contribution in [1.29, 1.82) is 0 Å². The zero-order valence-electron chi connectivity index (χ0n) is 12.0. The fourth-order valence-electron chi connectivity index (χ4n) is 2.62. The van der Waals surface area contributed by atoms with Crippen LogP contribution >= 0.6 is 0 Å². The molecular formula is C14H18FN3O3. The van der Waals surface area contributed by atoms with E-state index in [9.17, 15) is 19.3 Å². The lowest BCUT2D eigenvalue weighted by Crippen LogP contribution is -2.54. The van der Waals surface area contributed by atoms with Crippen molar-refractivity contribution in [2.75, 3.05) is 0 Å². The summed E-state index contributed by atoms with van der Waals surface area (Å²) < 4.78 is 13.6. The van der Waals surface area contributed by atoms with Gasteiger partial charge in [0, 0.05) is 23.7 Å².